The van der Waals surface area contributed by atoms with E-state index in [1.807, 2.05) is 60.3 Å². The second-order valence-electron chi connectivity index (χ2n) is 7.99. The minimum atomic E-state index is -3.99. The molecule has 0 aliphatic heterocycles. The number of benzene rings is 3. The zero-order chi connectivity index (χ0) is 24.8. The number of anilines is 1. The van der Waals surface area contributed by atoms with Crippen molar-refractivity contribution in [2.75, 3.05) is 11.8 Å². The van der Waals surface area contributed by atoms with E-state index < -0.39 is 15.9 Å². The molecule has 1 heterocycles. The number of hydrogen-bond acceptors (Lipinski definition) is 5. The van der Waals surface area contributed by atoms with Crippen LogP contribution in [0.3, 0.4) is 0 Å². The average molecular weight is 491 g/mol. The molecular formula is C26H26N4O4S. The first-order valence-corrected chi connectivity index (χ1v) is 12.4. The highest BCUT2D eigenvalue weighted by molar-refractivity contribution is 7.92. The van der Waals surface area contributed by atoms with Gasteiger partial charge < -0.3 is 10.1 Å². The van der Waals surface area contributed by atoms with Crippen LogP contribution in [0.4, 0.5) is 5.69 Å². The summed E-state index contributed by atoms with van der Waals surface area (Å²) in [4.78, 5) is 12.8. The Morgan fingerprint density at radius 3 is 2.43 bits per heavy atom. The van der Waals surface area contributed by atoms with Crippen molar-refractivity contribution in [1.29, 1.82) is 0 Å². The number of nitrogens with one attached hydrogen (secondary N) is 2. The van der Waals surface area contributed by atoms with Gasteiger partial charge in [0.1, 0.15) is 10.6 Å². The molecule has 9 heteroatoms. The van der Waals surface area contributed by atoms with Crippen molar-refractivity contribution in [2.45, 2.75) is 24.9 Å². The third-order valence-electron chi connectivity index (χ3n) is 5.47. The third kappa shape index (κ3) is 5.88. The standard InChI is InChI=1S/C26H26N4O4S/c1-19-8-11-23(12-9-19)29-35(32,33)25-16-20(10-13-24(25)34-2)26(31)27-17-21-6-3-4-7-22(21)18-30-15-5-14-28-30/h3-16,29H,17-18H2,1-2H3,(H,27,31). The largest absolute Gasteiger partial charge is 0.495 e. The average Bonchev–Trinajstić information content (AvgIpc) is 3.37. The molecule has 0 fully saturated rings. The summed E-state index contributed by atoms with van der Waals surface area (Å²) in [5, 5.41) is 7.12. The van der Waals surface area contributed by atoms with Gasteiger partial charge in [0.05, 0.1) is 13.7 Å². The number of nitrogens with zero attached hydrogens (tertiary/aromatic N) is 2. The molecule has 0 spiro atoms. The summed E-state index contributed by atoms with van der Waals surface area (Å²) in [7, 11) is -2.61. The van der Waals surface area contributed by atoms with E-state index in [1.54, 1.807) is 18.3 Å². The van der Waals surface area contributed by atoms with Gasteiger partial charge in [-0.15, -0.1) is 0 Å². The normalized spacial score (nSPS) is 11.1. The van der Waals surface area contributed by atoms with Crippen molar-refractivity contribution in [3.05, 3.63) is 107 Å². The van der Waals surface area contributed by atoms with Crippen LogP contribution in [-0.4, -0.2) is 31.2 Å². The fourth-order valence-electron chi connectivity index (χ4n) is 3.59. The zero-order valence-corrected chi connectivity index (χ0v) is 20.2. The molecular weight excluding hydrogens is 464 g/mol. The molecule has 180 valence electrons. The van der Waals surface area contributed by atoms with Gasteiger partial charge >= 0.3 is 0 Å². The maximum Gasteiger partial charge on any atom is 0.265 e. The van der Waals surface area contributed by atoms with Crippen molar-refractivity contribution in [3.63, 3.8) is 0 Å². The summed E-state index contributed by atoms with van der Waals surface area (Å²) in [6.45, 7) is 2.78. The second kappa shape index (κ2) is 10.4. The van der Waals surface area contributed by atoms with Gasteiger partial charge in [-0.2, -0.15) is 5.10 Å². The van der Waals surface area contributed by atoms with Crippen molar-refractivity contribution >= 4 is 21.6 Å². The number of aromatic nitrogens is 2. The summed E-state index contributed by atoms with van der Waals surface area (Å²) in [6, 6.07) is 20.9. The number of rotatable bonds is 9. The lowest BCUT2D eigenvalue weighted by Gasteiger charge is -2.14. The van der Waals surface area contributed by atoms with Crippen LogP contribution in [0.5, 0.6) is 5.75 Å². The molecule has 0 unspecified atom stereocenters. The summed E-state index contributed by atoms with van der Waals surface area (Å²) in [5.41, 5.74) is 3.60. The van der Waals surface area contributed by atoms with E-state index in [0.29, 0.717) is 12.2 Å². The van der Waals surface area contributed by atoms with E-state index in [2.05, 4.69) is 15.1 Å². The van der Waals surface area contributed by atoms with Gasteiger partial charge in [-0.3, -0.25) is 14.2 Å². The number of methoxy groups -OCH3 is 1. The fourth-order valence-corrected chi connectivity index (χ4v) is 4.84. The summed E-state index contributed by atoms with van der Waals surface area (Å²) < 4.78 is 35.8. The van der Waals surface area contributed by atoms with Crippen LogP contribution in [0.15, 0.2) is 90.1 Å². The molecule has 4 aromatic rings. The highest BCUT2D eigenvalue weighted by atomic mass is 32.2. The minimum absolute atomic E-state index is 0.118. The molecule has 0 bridgehead atoms. The number of carbonyl (C=O) groups is 1. The monoisotopic (exact) mass is 490 g/mol. The Balaban J connectivity index is 1.52. The maximum atomic E-state index is 13.1. The Hall–Kier alpha value is -4.11. The Morgan fingerprint density at radius 2 is 1.74 bits per heavy atom. The number of ether oxygens (including phenoxy) is 1. The molecule has 8 nitrogen and oxygen atoms in total. The quantitative estimate of drug-likeness (QED) is 0.370. The van der Waals surface area contributed by atoms with Crippen LogP contribution < -0.4 is 14.8 Å². The highest BCUT2D eigenvalue weighted by Gasteiger charge is 2.22. The molecule has 0 radical (unpaired) electrons. The van der Waals surface area contributed by atoms with Gasteiger partial charge in [0.2, 0.25) is 0 Å². The lowest BCUT2D eigenvalue weighted by atomic mass is 10.1. The van der Waals surface area contributed by atoms with Crippen LogP contribution in [0.25, 0.3) is 0 Å². The minimum Gasteiger partial charge on any atom is -0.495 e. The van der Waals surface area contributed by atoms with Gasteiger partial charge in [0.25, 0.3) is 15.9 Å². The van der Waals surface area contributed by atoms with Gasteiger partial charge in [-0.1, -0.05) is 42.0 Å². The molecule has 0 atom stereocenters. The number of aryl methyl sites for hydroxylation is 1. The van der Waals surface area contributed by atoms with Gasteiger partial charge in [0, 0.05) is 30.2 Å². The van der Waals surface area contributed by atoms with Crippen LogP contribution in [0.2, 0.25) is 0 Å². The smallest absolute Gasteiger partial charge is 0.265 e. The van der Waals surface area contributed by atoms with Crippen LogP contribution >= 0.6 is 0 Å². The van der Waals surface area contributed by atoms with E-state index >= 15 is 0 Å². The SMILES string of the molecule is COc1ccc(C(=O)NCc2ccccc2Cn2cccn2)cc1S(=O)(=O)Nc1ccc(C)cc1. The molecule has 1 amide bonds. The highest BCUT2D eigenvalue weighted by Crippen LogP contribution is 2.27. The first-order chi connectivity index (χ1) is 16.9. The first-order valence-electron chi connectivity index (χ1n) is 11.0. The predicted molar refractivity (Wildman–Crippen MR) is 134 cm³/mol. The fraction of sp³-hybridized carbons (Fsp3) is 0.154. The number of carbonyl (C=O) groups excluding carboxylic acids is 1. The van der Waals surface area contributed by atoms with E-state index in [-0.39, 0.29) is 22.8 Å². The second-order valence-corrected chi connectivity index (χ2v) is 9.64. The Labute approximate surface area is 204 Å². The number of amides is 1. The molecule has 0 aliphatic rings. The van der Waals surface area contributed by atoms with Gasteiger partial charge in [-0.05, 0) is 54.4 Å². The van der Waals surface area contributed by atoms with Crippen molar-refractivity contribution in [1.82, 2.24) is 15.1 Å². The summed E-state index contributed by atoms with van der Waals surface area (Å²) >= 11 is 0. The van der Waals surface area contributed by atoms with Crippen molar-refractivity contribution in [2.24, 2.45) is 0 Å². The van der Waals surface area contributed by atoms with E-state index in [0.717, 1.165) is 16.7 Å². The van der Waals surface area contributed by atoms with Crippen LogP contribution in [0.1, 0.15) is 27.0 Å². The zero-order valence-electron chi connectivity index (χ0n) is 19.4. The van der Waals surface area contributed by atoms with E-state index in [9.17, 15) is 13.2 Å². The third-order valence-corrected chi connectivity index (χ3v) is 6.87. The Bertz CT molecular complexity index is 1420. The molecule has 3 aromatic carbocycles. The van der Waals surface area contributed by atoms with Crippen LogP contribution in [-0.2, 0) is 23.1 Å². The number of hydrogen-bond donors (Lipinski definition) is 2. The molecule has 2 N–H and O–H groups in total. The number of sulfonamides is 1. The van der Waals surface area contributed by atoms with Crippen LogP contribution in [0, 0.1) is 6.92 Å². The topological polar surface area (TPSA) is 102 Å². The lowest BCUT2D eigenvalue weighted by molar-refractivity contribution is 0.0950. The summed E-state index contributed by atoms with van der Waals surface area (Å²) in [5.74, 6) is -0.251. The molecule has 0 aliphatic carbocycles. The first kappa shape index (κ1) is 24.0. The predicted octanol–water partition coefficient (Wildman–Crippen LogP) is 3.98. The molecule has 0 saturated carbocycles. The molecule has 1 aromatic heterocycles. The van der Waals surface area contributed by atoms with Crippen molar-refractivity contribution < 1.29 is 17.9 Å². The van der Waals surface area contributed by atoms with E-state index in [1.165, 1.54) is 25.3 Å². The molecule has 35 heavy (non-hydrogen) atoms. The van der Waals surface area contributed by atoms with Crippen molar-refractivity contribution in [3.8, 4) is 5.75 Å². The Morgan fingerprint density at radius 1 is 1.00 bits per heavy atom. The van der Waals surface area contributed by atoms with Gasteiger partial charge in [-0.25, -0.2) is 8.42 Å². The Kier molecular flexibility index (Phi) is 7.17. The molecule has 0 saturated heterocycles. The molecule has 4 rings (SSSR count). The van der Waals surface area contributed by atoms with Gasteiger partial charge in [0.15, 0.2) is 0 Å². The maximum absolute atomic E-state index is 13.1. The lowest BCUT2D eigenvalue weighted by Crippen LogP contribution is -2.24. The summed E-state index contributed by atoms with van der Waals surface area (Å²) in [6.07, 6.45) is 3.59. The van der Waals surface area contributed by atoms with E-state index in [4.69, 9.17) is 4.74 Å².